The van der Waals surface area contributed by atoms with Crippen molar-refractivity contribution in [3.63, 3.8) is 0 Å². The van der Waals surface area contributed by atoms with Crippen molar-refractivity contribution in [2.75, 3.05) is 6.61 Å². The summed E-state index contributed by atoms with van der Waals surface area (Å²) in [7, 11) is 0. The Bertz CT molecular complexity index is 259. The van der Waals surface area contributed by atoms with E-state index >= 15 is 0 Å². The molecule has 0 N–H and O–H groups in total. The van der Waals surface area contributed by atoms with Gasteiger partial charge in [0.15, 0.2) is 0 Å². The molecule has 1 saturated heterocycles. The molecule has 1 rings (SSSR count). The molecule has 0 radical (unpaired) electrons. The summed E-state index contributed by atoms with van der Waals surface area (Å²) in [6.07, 6.45) is -2.29. The Morgan fingerprint density at radius 3 is 1.87 bits per heavy atom. The Morgan fingerprint density at radius 2 is 1.53 bits per heavy atom. The molecule has 0 aromatic carbocycles. The van der Waals surface area contributed by atoms with Gasteiger partial charge in [0, 0.05) is 6.92 Å². The third-order valence-corrected chi connectivity index (χ3v) is 2.00. The van der Waals surface area contributed by atoms with Gasteiger partial charge in [-0.15, -0.1) is 0 Å². The fourth-order valence-electron chi connectivity index (χ4n) is 1.25. The molecule has 0 aromatic heterocycles. The first-order valence-electron chi connectivity index (χ1n) is 3.88. The smallest absolute Gasteiger partial charge is 0.330 e. The van der Waals surface area contributed by atoms with Crippen LogP contribution >= 0.6 is 0 Å². The lowest BCUT2D eigenvalue weighted by Gasteiger charge is -2.42. The minimum atomic E-state index is -4.94. The van der Waals surface area contributed by atoms with Gasteiger partial charge in [-0.25, -0.2) is 17.6 Å². The maximum atomic E-state index is 13.1. The van der Waals surface area contributed by atoms with E-state index in [4.69, 9.17) is 0 Å². The predicted octanol–water partition coefficient (Wildman–Crippen LogP) is 3.00. The summed E-state index contributed by atoms with van der Waals surface area (Å²) in [4.78, 5) is 0. The van der Waals surface area contributed by atoms with Crippen LogP contribution in [0, 0.1) is 0 Å². The number of hydrogen-bond acceptors (Lipinski definition) is 1. The van der Waals surface area contributed by atoms with Crippen LogP contribution in [0.25, 0.3) is 0 Å². The van der Waals surface area contributed by atoms with Gasteiger partial charge in [0.2, 0.25) is 0 Å². The molecule has 1 aliphatic heterocycles. The lowest BCUT2D eigenvalue weighted by molar-refractivity contribution is -0.402. The Morgan fingerprint density at radius 1 is 1.07 bits per heavy atom. The summed E-state index contributed by atoms with van der Waals surface area (Å²) in [5.74, 6) is -18.2. The second-order valence-electron chi connectivity index (χ2n) is 3.51. The Kier molecular flexibility index (Phi) is 2.50. The maximum absolute atomic E-state index is 13.1. The molecular formula is C7H7F7O. The van der Waals surface area contributed by atoms with E-state index in [2.05, 4.69) is 4.74 Å². The normalized spacial score (nSPS) is 35.2. The minimum absolute atomic E-state index is 0.148. The highest BCUT2D eigenvalue weighted by atomic mass is 19.3. The molecular weight excluding hydrogens is 233 g/mol. The summed E-state index contributed by atoms with van der Waals surface area (Å²) in [5.41, 5.74) is 0. The molecule has 90 valence electrons. The van der Waals surface area contributed by atoms with Crippen LogP contribution in [0.4, 0.5) is 30.7 Å². The van der Waals surface area contributed by atoms with Crippen LogP contribution in [-0.4, -0.2) is 30.2 Å². The number of rotatable bonds is 1. The van der Waals surface area contributed by atoms with Gasteiger partial charge in [-0.1, -0.05) is 0 Å². The van der Waals surface area contributed by atoms with Gasteiger partial charge in [0.25, 0.3) is 5.92 Å². The quantitative estimate of drug-likeness (QED) is 0.640. The molecule has 0 aromatic rings. The summed E-state index contributed by atoms with van der Waals surface area (Å²) in [5, 5.41) is 0. The van der Waals surface area contributed by atoms with Crippen molar-refractivity contribution in [3.8, 4) is 0 Å². The Balaban J connectivity index is 3.05. The van der Waals surface area contributed by atoms with Crippen LogP contribution in [0.2, 0.25) is 0 Å². The molecule has 0 saturated carbocycles. The molecule has 8 heteroatoms. The molecule has 1 nitrogen and oxygen atoms in total. The van der Waals surface area contributed by atoms with Gasteiger partial charge in [0.1, 0.15) is 6.61 Å². The van der Waals surface area contributed by atoms with Crippen molar-refractivity contribution in [2.45, 2.75) is 37.0 Å². The van der Waals surface area contributed by atoms with E-state index < -0.39 is 36.7 Å². The SMILES string of the molecule is CC(F)(F)C1(F)OCC(F)(F)CC1(F)F. The van der Waals surface area contributed by atoms with Crippen molar-refractivity contribution < 1.29 is 35.5 Å². The topological polar surface area (TPSA) is 9.23 Å². The highest BCUT2D eigenvalue weighted by Gasteiger charge is 2.74. The third-order valence-electron chi connectivity index (χ3n) is 2.00. The lowest BCUT2D eigenvalue weighted by Crippen LogP contribution is -2.64. The largest absolute Gasteiger partial charge is 0.337 e. The van der Waals surface area contributed by atoms with Crippen molar-refractivity contribution in [3.05, 3.63) is 0 Å². The van der Waals surface area contributed by atoms with Crippen LogP contribution in [0.3, 0.4) is 0 Å². The van der Waals surface area contributed by atoms with E-state index in [-0.39, 0.29) is 6.92 Å². The van der Waals surface area contributed by atoms with Crippen LogP contribution in [0.15, 0.2) is 0 Å². The molecule has 0 bridgehead atoms. The lowest BCUT2D eigenvalue weighted by atomic mass is 9.95. The second-order valence-corrected chi connectivity index (χ2v) is 3.51. The van der Waals surface area contributed by atoms with Crippen molar-refractivity contribution >= 4 is 0 Å². The molecule has 1 atom stereocenters. The van der Waals surface area contributed by atoms with Crippen LogP contribution in [0.1, 0.15) is 13.3 Å². The fraction of sp³-hybridized carbons (Fsp3) is 1.00. The number of ether oxygens (including phenoxy) is 1. The van der Waals surface area contributed by atoms with Crippen molar-refractivity contribution in [2.24, 2.45) is 0 Å². The first-order chi connectivity index (χ1) is 6.41. The van der Waals surface area contributed by atoms with Gasteiger partial charge in [-0.3, -0.25) is 0 Å². The summed E-state index contributed by atoms with van der Waals surface area (Å²) < 4.78 is 91.9. The number of halogens is 7. The van der Waals surface area contributed by atoms with E-state index in [0.29, 0.717) is 0 Å². The van der Waals surface area contributed by atoms with Gasteiger partial charge in [-0.05, 0) is 0 Å². The zero-order valence-corrected chi connectivity index (χ0v) is 7.47. The van der Waals surface area contributed by atoms with Crippen LogP contribution in [0.5, 0.6) is 0 Å². The highest BCUT2D eigenvalue weighted by Crippen LogP contribution is 2.52. The number of alkyl halides is 7. The summed E-state index contributed by atoms with van der Waals surface area (Å²) in [6, 6.07) is 0. The zero-order valence-electron chi connectivity index (χ0n) is 7.47. The molecule has 0 amide bonds. The zero-order chi connectivity index (χ0) is 12.1. The molecule has 15 heavy (non-hydrogen) atoms. The first kappa shape index (κ1) is 12.5. The molecule has 1 unspecified atom stereocenters. The second kappa shape index (κ2) is 2.99. The molecule has 0 spiro atoms. The molecule has 0 aliphatic carbocycles. The van der Waals surface area contributed by atoms with Gasteiger partial charge < -0.3 is 4.74 Å². The predicted molar refractivity (Wildman–Crippen MR) is 34.9 cm³/mol. The molecule has 1 heterocycles. The van der Waals surface area contributed by atoms with Crippen LogP contribution < -0.4 is 0 Å². The highest BCUT2D eigenvalue weighted by molar-refractivity contribution is 5.01. The standard InChI is InChI=1S/C7H7F7O/c1-4(8,9)7(14)6(12,13)2-5(10,11)3-15-7/h2-3H2,1H3. The van der Waals surface area contributed by atoms with Crippen molar-refractivity contribution in [1.29, 1.82) is 0 Å². The van der Waals surface area contributed by atoms with E-state index in [0.717, 1.165) is 0 Å². The summed E-state index contributed by atoms with van der Waals surface area (Å²) in [6.45, 7) is -1.94. The van der Waals surface area contributed by atoms with Gasteiger partial charge in [0.05, 0.1) is 6.42 Å². The van der Waals surface area contributed by atoms with Crippen LogP contribution in [-0.2, 0) is 4.74 Å². The summed E-state index contributed by atoms with van der Waals surface area (Å²) >= 11 is 0. The minimum Gasteiger partial charge on any atom is -0.330 e. The maximum Gasteiger partial charge on any atom is 0.337 e. The Labute approximate surface area is 80.2 Å². The molecule has 1 fully saturated rings. The average Bonchev–Trinajstić information content (AvgIpc) is 1.93. The van der Waals surface area contributed by atoms with E-state index in [1.54, 1.807) is 0 Å². The first-order valence-corrected chi connectivity index (χ1v) is 3.88. The average molecular weight is 240 g/mol. The van der Waals surface area contributed by atoms with Crippen molar-refractivity contribution in [1.82, 2.24) is 0 Å². The Hall–Kier alpha value is -0.530. The monoisotopic (exact) mass is 240 g/mol. The van der Waals surface area contributed by atoms with E-state index in [9.17, 15) is 30.7 Å². The number of hydrogen-bond donors (Lipinski definition) is 0. The van der Waals surface area contributed by atoms with E-state index in [1.807, 2.05) is 0 Å². The fourth-order valence-corrected chi connectivity index (χ4v) is 1.25. The van der Waals surface area contributed by atoms with Gasteiger partial charge >= 0.3 is 17.7 Å². The van der Waals surface area contributed by atoms with E-state index in [1.165, 1.54) is 0 Å². The molecule has 1 aliphatic rings. The third kappa shape index (κ3) is 1.91. The van der Waals surface area contributed by atoms with Gasteiger partial charge in [-0.2, -0.15) is 13.2 Å².